The number of pyridine rings is 1. The number of aryl methyl sites for hydroxylation is 3. The van der Waals surface area contributed by atoms with Crippen LogP contribution in [0, 0.1) is 20.8 Å². The van der Waals surface area contributed by atoms with Gasteiger partial charge in [-0.05, 0) is 44.0 Å². The molecule has 5 heteroatoms. The van der Waals surface area contributed by atoms with Gasteiger partial charge in [-0.1, -0.05) is 6.07 Å². The van der Waals surface area contributed by atoms with Crippen LogP contribution in [0.5, 0.6) is 0 Å². The second-order valence-corrected chi connectivity index (χ2v) is 6.15. The van der Waals surface area contributed by atoms with E-state index >= 15 is 0 Å². The maximum Gasteiger partial charge on any atom is 0.336 e. The average Bonchev–Trinajstić information content (AvgIpc) is 2.83. The lowest BCUT2D eigenvalue weighted by Crippen LogP contribution is -2.02. The van der Waals surface area contributed by atoms with Gasteiger partial charge in [0.2, 0.25) is 0 Å². The predicted octanol–water partition coefficient (Wildman–Crippen LogP) is 3.98. The Morgan fingerprint density at radius 3 is 2.48 bits per heavy atom. The highest BCUT2D eigenvalue weighted by Gasteiger charge is 2.16. The summed E-state index contributed by atoms with van der Waals surface area (Å²) in [6.45, 7) is 5.81. The van der Waals surface area contributed by atoms with Gasteiger partial charge in [0.15, 0.2) is 0 Å². The van der Waals surface area contributed by atoms with Crippen LogP contribution < -0.4 is 0 Å². The van der Waals surface area contributed by atoms with Gasteiger partial charge in [0.25, 0.3) is 0 Å². The predicted molar refractivity (Wildman–Crippen MR) is 84.0 cm³/mol. The number of hydrogen-bond donors (Lipinski definition) is 1. The van der Waals surface area contributed by atoms with E-state index in [1.807, 2.05) is 38.3 Å². The van der Waals surface area contributed by atoms with Crippen molar-refractivity contribution in [2.75, 3.05) is 0 Å². The summed E-state index contributed by atoms with van der Waals surface area (Å²) in [5.74, 6) is -0.942. The van der Waals surface area contributed by atoms with Crippen molar-refractivity contribution in [1.29, 1.82) is 0 Å². The van der Waals surface area contributed by atoms with Crippen LogP contribution in [0.15, 0.2) is 23.6 Å². The molecule has 0 saturated carbocycles. The molecule has 0 saturated heterocycles. The third-order valence-electron chi connectivity index (χ3n) is 3.36. The van der Waals surface area contributed by atoms with Crippen molar-refractivity contribution in [3.63, 3.8) is 0 Å². The fourth-order valence-electron chi connectivity index (χ4n) is 2.54. The Labute approximate surface area is 126 Å². The maximum absolute atomic E-state index is 11.6. The number of nitrogens with zero attached hydrogens (tertiary/aromatic N) is 2. The standard InChI is InChI=1S/C16H14N2O2S/c1-8-4-9(2)15-11(16(19)20)6-12(18-13(15)5-8)14-7-21-10(3)17-14/h4-7H,1-3H3,(H,19,20). The molecule has 3 aromatic rings. The van der Waals surface area contributed by atoms with E-state index in [1.165, 1.54) is 11.3 Å². The number of rotatable bonds is 2. The zero-order chi connectivity index (χ0) is 15.1. The molecule has 0 unspecified atom stereocenters. The molecule has 4 nitrogen and oxygen atoms in total. The van der Waals surface area contributed by atoms with Crippen LogP contribution in [0.25, 0.3) is 22.3 Å². The van der Waals surface area contributed by atoms with Crippen LogP contribution in [0.4, 0.5) is 0 Å². The summed E-state index contributed by atoms with van der Waals surface area (Å²) in [6, 6.07) is 5.50. The number of carboxylic acids is 1. The first-order valence-electron chi connectivity index (χ1n) is 6.53. The summed E-state index contributed by atoms with van der Waals surface area (Å²) in [7, 11) is 0. The molecule has 0 aliphatic carbocycles. The fourth-order valence-corrected chi connectivity index (χ4v) is 3.14. The summed E-state index contributed by atoms with van der Waals surface area (Å²) in [4.78, 5) is 20.6. The Morgan fingerprint density at radius 2 is 1.86 bits per heavy atom. The molecule has 1 N–H and O–H groups in total. The molecule has 1 aromatic carbocycles. The van der Waals surface area contributed by atoms with Crippen LogP contribution in [0.1, 0.15) is 26.5 Å². The van der Waals surface area contributed by atoms with Gasteiger partial charge in [-0.15, -0.1) is 11.3 Å². The zero-order valence-corrected chi connectivity index (χ0v) is 12.8. The highest BCUT2D eigenvalue weighted by molar-refractivity contribution is 7.09. The zero-order valence-electron chi connectivity index (χ0n) is 12.0. The molecule has 0 bridgehead atoms. The molecule has 106 valence electrons. The topological polar surface area (TPSA) is 63.1 Å². The van der Waals surface area contributed by atoms with Crippen molar-refractivity contribution in [2.45, 2.75) is 20.8 Å². The van der Waals surface area contributed by atoms with Crippen LogP contribution in [-0.4, -0.2) is 21.0 Å². The van der Waals surface area contributed by atoms with Crippen molar-refractivity contribution >= 4 is 28.2 Å². The largest absolute Gasteiger partial charge is 0.478 e. The van der Waals surface area contributed by atoms with Crippen LogP contribution >= 0.6 is 11.3 Å². The SMILES string of the molecule is Cc1cc(C)c2c(C(=O)O)cc(-c3csc(C)n3)nc2c1. The van der Waals surface area contributed by atoms with E-state index in [0.29, 0.717) is 16.6 Å². The summed E-state index contributed by atoms with van der Waals surface area (Å²) in [5.41, 5.74) is 4.30. The van der Waals surface area contributed by atoms with Gasteiger partial charge in [0, 0.05) is 10.8 Å². The lowest BCUT2D eigenvalue weighted by Gasteiger charge is -2.09. The van der Waals surface area contributed by atoms with Gasteiger partial charge < -0.3 is 5.11 Å². The minimum Gasteiger partial charge on any atom is -0.478 e. The van der Waals surface area contributed by atoms with Gasteiger partial charge in [-0.2, -0.15) is 0 Å². The highest BCUT2D eigenvalue weighted by atomic mass is 32.1. The summed E-state index contributed by atoms with van der Waals surface area (Å²) in [6.07, 6.45) is 0. The molecule has 21 heavy (non-hydrogen) atoms. The first-order valence-corrected chi connectivity index (χ1v) is 7.41. The van der Waals surface area contributed by atoms with E-state index in [-0.39, 0.29) is 5.56 Å². The number of carboxylic acid groups (broad SMARTS) is 1. The molecule has 0 aliphatic rings. The molecule has 0 aliphatic heterocycles. The Bertz CT molecular complexity index is 868. The normalized spacial score (nSPS) is 11.0. The molecular weight excluding hydrogens is 284 g/mol. The summed E-state index contributed by atoms with van der Waals surface area (Å²) >= 11 is 1.53. The number of aromatic carboxylic acids is 1. The average molecular weight is 298 g/mol. The van der Waals surface area contributed by atoms with E-state index in [1.54, 1.807) is 6.07 Å². The maximum atomic E-state index is 11.6. The van der Waals surface area contributed by atoms with Crippen molar-refractivity contribution in [2.24, 2.45) is 0 Å². The van der Waals surface area contributed by atoms with Gasteiger partial charge in [0.05, 0.1) is 27.5 Å². The quantitative estimate of drug-likeness (QED) is 0.777. The molecular formula is C16H14N2O2S. The van der Waals surface area contributed by atoms with E-state index < -0.39 is 5.97 Å². The summed E-state index contributed by atoms with van der Waals surface area (Å²) < 4.78 is 0. The molecule has 0 fully saturated rings. The van der Waals surface area contributed by atoms with Crippen LogP contribution in [0.3, 0.4) is 0 Å². The molecule has 2 aromatic heterocycles. The van der Waals surface area contributed by atoms with E-state index in [9.17, 15) is 9.90 Å². The Morgan fingerprint density at radius 1 is 1.10 bits per heavy atom. The van der Waals surface area contributed by atoms with Crippen molar-refractivity contribution in [3.8, 4) is 11.4 Å². The van der Waals surface area contributed by atoms with Crippen molar-refractivity contribution < 1.29 is 9.90 Å². The molecule has 0 radical (unpaired) electrons. The second-order valence-electron chi connectivity index (χ2n) is 5.09. The Balaban J connectivity index is 2.37. The minimum atomic E-state index is -0.942. The third kappa shape index (κ3) is 2.40. The number of hydrogen-bond acceptors (Lipinski definition) is 4. The van der Waals surface area contributed by atoms with Crippen LogP contribution in [-0.2, 0) is 0 Å². The first-order chi connectivity index (χ1) is 9.95. The number of thiazole rings is 1. The minimum absolute atomic E-state index is 0.276. The Kier molecular flexibility index (Phi) is 3.22. The monoisotopic (exact) mass is 298 g/mol. The smallest absolute Gasteiger partial charge is 0.336 e. The Hall–Kier alpha value is -2.27. The third-order valence-corrected chi connectivity index (χ3v) is 4.14. The number of benzene rings is 1. The lowest BCUT2D eigenvalue weighted by atomic mass is 10.00. The van der Waals surface area contributed by atoms with Crippen LogP contribution in [0.2, 0.25) is 0 Å². The van der Waals surface area contributed by atoms with Gasteiger partial charge in [-0.3, -0.25) is 0 Å². The highest BCUT2D eigenvalue weighted by Crippen LogP contribution is 2.28. The number of fused-ring (bicyclic) bond motifs is 1. The van der Waals surface area contributed by atoms with E-state index in [0.717, 1.165) is 21.8 Å². The number of carbonyl (C=O) groups is 1. The molecule has 0 atom stereocenters. The summed E-state index contributed by atoms with van der Waals surface area (Å²) in [5, 5.41) is 13.0. The van der Waals surface area contributed by atoms with Crippen molar-refractivity contribution in [3.05, 3.63) is 45.3 Å². The number of aromatic nitrogens is 2. The van der Waals surface area contributed by atoms with Gasteiger partial charge in [-0.25, -0.2) is 14.8 Å². The van der Waals surface area contributed by atoms with Gasteiger partial charge >= 0.3 is 5.97 Å². The molecule has 2 heterocycles. The fraction of sp³-hybridized carbons (Fsp3) is 0.188. The first kappa shape index (κ1) is 13.7. The molecule has 0 amide bonds. The van der Waals surface area contributed by atoms with E-state index in [2.05, 4.69) is 9.97 Å². The second kappa shape index (κ2) is 4.93. The molecule has 0 spiro atoms. The van der Waals surface area contributed by atoms with Crippen molar-refractivity contribution in [1.82, 2.24) is 9.97 Å². The van der Waals surface area contributed by atoms with Gasteiger partial charge in [0.1, 0.15) is 0 Å². The molecule has 3 rings (SSSR count). The lowest BCUT2D eigenvalue weighted by molar-refractivity contribution is 0.0699. The van der Waals surface area contributed by atoms with E-state index in [4.69, 9.17) is 0 Å².